The summed E-state index contributed by atoms with van der Waals surface area (Å²) in [4.78, 5) is 18.4. The van der Waals surface area contributed by atoms with Crippen molar-refractivity contribution in [3.8, 4) is 0 Å². The monoisotopic (exact) mass is 397 g/mol. The molecule has 2 aromatic rings. The summed E-state index contributed by atoms with van der Waals surface area (Å²) >= 11 is 6.53. The molecule has 2 aliphatic rings. The fraction of sp³-hybridized carbons (Fsp3) is 0.474. The molecule has 1 amide bonds. The molecule has 1 aliphatic heterocycles. The number of carbonyl (C=O) groups is 1. The molecule has 1 atom stereocenters. The van der Waals surface area contributed by atoms with E-state index in [4.69, 9.17) is 11.6 Å². The van der Waals surface area contributed by atoms with Crippen LogP contribution < -0.4 is 5.32 Å². The van der Waals surface area contributed by atoms with Crippen molar-refractivity contribution in [2.75, 3.05) is 19.6 Å². The minimum Gasteiger partial charge on any atom is -0.324 e. The third kappa shape index (κ3) is 3.38. The molecule has 1 aromatic heterocycles. The maximum atomic E-state index is 13.3. The molecular weight excluding hydrogens is 379 g/mol. The molecular formula is C19H19ClF3N3O. The molecule has 144 valence electrons. The van der Waals surface area contributed by atoms with Crippen molar-refractivity contribution in [1.82, 2.24) is 15.2 Å². The summed E-state index contributed by atoms with van der Waals surface area (Å²) in [6.45, 7) is 0.0588. The SMILES string of the molecule is O=C(c1ccc2c(Cl)c3c(nc2c1)CCCC3)N1CCNCC1C(F)(F)F. The van der Waals surface area contributed by atoms with E-state index < -0.39 is 18.1 Å². The molecule has 0 spiro atoms. The van der Waals surface area contributed by atoms with Crippen LogP contribution in [0.25, 0.3) is 10.9 Å². The van der Waals surface area contributed by atoms with Gasteiger partial charge in [-0.15, -0.1) is 0 Å². The first kappa shape index (κ1) is 18.5. The number of hydrogen-bond acceptors (Lipinski definition) is 3. The smallest absolute Gasteiger partial charge is 0.324 e. The molecule has 4 nitrogen and oxygen atoms in total. The number of piperazine rings is 1. The molecule has 1 aromatic carbocycles. The highest BCUT2D eigenvalue weighted by atomic mass is 35.5. The first-order valence-corrected chi connectivity index (χ1v) is 9.43. The number of aromatic nitrogens is 1. The molecule has 1 saturated heterocycles. The van der Waals surface area contributed by atoms with Gasteiger partial charge in [-0.3, -0.25) is 9.78 Å². The van der Waals surface area contributed by atoms with Gasteiger partial charge in [-0.1, -0.05) is 17.7 Å². The van der Waals surface area contributed by atoms with E-state index in [0.717, 1.165) is 47.2 Å². The number of nitrogens with one attached hydrogen (secondary N) is 1. The van der Waals surface area contributed by atoms with Gasteiger partial charge in [-0.2, -0.15) is 13.2 Å². The van der Waals surface area contributed by atoms with Crippen molar-refractivity contribution in [3.05, 3.63) is 40.0 Å². The Morgan fingerprint density at radius 3 is 2.81 bits per heavy atom. The van der Waals surface area contributed by atoms with Gasteiger partial charge in [0.2, 0.25) is 0 Å². The lowest BCUT2D eigenvalue weighted by Gasteiger charge is -2.37. The summed E-state index contributed by atoms with van der Waals surface area (Å²) in [6, 6.07) is 2.98. The molecule has 1 N–H and O–H groups in total. The van der Waals surface area contributed by atoms with Gasteiger partial charge in [-0.05, 0) is 43.4 Å². The minimum absolute atomic E-state index is 0.0133. The standard InChI is InChI=1S/C19H19ClF3N3O/c20-17-12-3-1-2-4-14(12)25-15-9-11(5-6-13(15)17)18(27)26-8-7-24-10-16(26)19(21,22)23/h5-6,9,16,24H,1-4,7-8,10H2. The van der Waals surface area contributed by atoms with Crippen molar-refractivity contribution < 1.29 is 18.0 Å². The summed E-state index contributed by atoms with van der Waals surface area (Å²) in [5.74, 6) is -0.628. The van der Waals surface area contributed by atoms with Crippen LogP contribution in [0, 0.1) is 0 Å². The number of hydrogen-bond donors (Lipinski definition) is 1. The van der Waals surface area contributed by atoms with Crippen LogP contribution >= 0.6 is 11.6 Å². The van der Waals surface area contributed by atoms with E-state index in [1.165, 1.54) is 0 Å². The molecule has 27 heavy (non-hydrogen) atoms. The molecule has 0 bridgehead atoms. The van der Waals surface area contributed by atoms with E-state index >= 15 is 0 Å². The number of carbonyl (C=O) groups excluding carboxylic acids is 1. The van der Waals surface area contributed by atoms with Crippen molar-refractivity contribution in [2.45, 2.75) is 37.9 Å². The van der Waals surface area contributed by atoms with Gasteiger partial charge >= 0.3 is 6.18 Å². The van der Waals surface area contributed by atoms with Gasteiger partial charge in [0.15, 0.2) is 0 Å². The van der Waals surface area contributed by atoms with Crippen LogP contribution in [-0.2, 0) is 12.8 Å². The van der Waals surface area contributed by atoms with E-state index in [1.54, 1.807) is 18.2 Å². The van der Waals surface area contributed by atoms with Gasteiger partial charge in [0.05, 0.1) is 10.5 Å². The first-order chi connectivity index (χ1) is 12.9. The number of fused-ring (bicyclic) bond motifs is 2. The fourth-order valence-corrected chi connectivity index (χ4v) is 4.27. The summed E-state index contributed by atoms with van der Waals surface area (Å²) in [6.07, 6.45) is -0.656. The number of pyridine rings is 1. The van der Waals surface area contributed by atoms with Gasteiger partial charge in [0.1, 0.15) is 6.04 Å². The van der Waals surface area contributed by atoms with E-state index in [2.05, 4.69) is 10.3 Å². The second kappa shape index (κ2) is 6.95. The number of nitrogens with zero attached hydrogens (tertiary/aromatic N) is 2. The number of amides is 1. The molecule has 0 saturated carbocycles. The van der Waals surface area contributed by atoms with Crippen LogP contribution in [0.5, 0.6) is 0 Å². The van der Waals surface area contributed by atoms with Gasteiger partial charge in [0, 0.05) is 36.3 Å². The largest absolute Gasteiger partial charge is 0.410 e. The zero-order valence-corrected chi connectivity index (χ0v) is 15.3. The topological polar surface area (TPSA) is 45.2 Å². The van der Waals surface area contributed by atoms with E-state index in [9.17, 15) is 18.0 Å². The quantitative estimate of drug-likeness (QED) is 0.797. The average Bonchev–Trinajstić information content (AvgIpc) is 2.66. The number of benzene rings is 1. The number of aryl methyl sites for hydroxylation is 1. The molecule has 4 rings (SSSR count). The lowest BCUT2D eigenvalue weighted by Crippen LogP contribution is -2.59. The Hall–Kier alpha value is -1.86. The van der Waals surface area contributed by atoms with Crippen molar-refractivity contribution in [2.24, 2.45) is 0 Å². The van der Waals surface area contributed by atoms with Crippen LogP contribution in [0.4, 0.5) is 13.2 Å². The number of rotatable bonds is 1. The Labute approximate surface area is 159 Å². The van der Waals surface area contributed by atoms with E-state index in [-0.39, 0.29) is 18.7 Å². The molecule has 8 heteroatoms. The Balaban J connectivity index is 1.72. The van der Waals surface area contributed by atoms with Crippen LogP contribution in [0.3, 0.4) is 0 Å². The maximum Gasteiger partial charge on any atom is 0.410 e. The Bertz CT molecular complexity index is 900. The van der Waals surface area contributed by atoms with Crippen LogP contribution in [0.1, 0.15) is 34.5 Å². The first-order valence-electron chi connectivity index (χ1n) is 9.05. The van der Waals surface area contributed by atoms with Crippen molar-refractivity contribution in [3.63, 3.8) is 0 Å². The van der Waals surface area contributed by atoms with Crippen molar-refractivity contribution in [1.29, 1.82) is 0 Å². The highest BCUT2D eigenvalue weighted by molar-refractivity contribution is 6.36. The summed E-state index contributed by atoms with van der Waals surface area (Å²) in [5, 5.41) is 4.09. The number of halogens is 4. The second-order valence-electron chi connectivity index (χ2n) is 7.05. The highest BCUT2D eigenvalue weighted by Gasteiger charge is 2.46. The highest BCUT2D eigenvalue weighted by Crippen LogP contribution is 2.34. The van der Waals surface area contributed by atoms with E-state index in [0.29, 0.717) is 17.1 Å². The Morgan fingerprint density at radius 1 is 1.26 bits per heavy atom. The third-order valence-electron chi connectivity index (χ3n) is 5.32. The lowest BCUT2D eigenvalue weighted by atomic mass is 9.94. The summed E-state index contributed by atoms with van der Waals surface area (Å²) in [5.41, 5.74) is 2.75. The summed E-state index contributed by atoms with van der Waals surface area (Å²) < 4.78 is 39.9. The Kier molecular flexibility index (Phi) is 4.76. The Morgan fingerprint density at radius 2 is 2.04 bits per heavy atom. The second-order valence-corrected chi connectivity index (χ2v) is 7.43. The maximum absolute atomic E-state index is 13.3. The molecule has 1 aliphatic carbocycles. The summed E-state index contributed by atoms with van der Waals surface area (Å²) in [7, 11) is 0. The third-order valence-corrected chi connectivity index (χ3v) is 5.75. The predicted octanol–water partition coefficient (Wildman–Crippen LogP) is 3.74. The molecule has 1 fully saturated rings. The fourth-order valence-electron chi connectivity index (χ4n) is 3.91. The van der Waals surface area contributed by atoms with Gasteiger partial charge < -0.3 is 10.2 Å². The predicted molar refractivity (Wildman–Crippen MR) is 97.1 cm³/mol. The minimum atomic E-state index is -4.47. The van der Waals surface area contributed by atoms with Crippen LogP contribution in [0.2, 0.25) is 5.02 Å². The zero-order valence-electron chi connectivity index (χ0n) is 14.6. The van der Waals surface area contributed by atoms with Crippen molar-refractivity contribution >= 4 is 28.4 Å². The normalized spacial score (nSPS) is 20.6. The van der Waals surface area contributed by atoms with Crippen LogP contribution in [0.15, 0.2) is 18.2 Å². The zero-order chi connectivity index (χ0) is 19.2. The molecule has 1 unspecified atom stereocenters. The van der Waals surface area contributed by atoms with Gasteiger partial charge in [-0.25, -0.2) is 0 Å². The van der Waals surface area contributed by atoms with Gasteiger partial charge in [0.25, 0.3) is 5.91 Å². The molecule has 2 heterocycles. The van der Waals surface area contributed by atoms with E-state index in [1.807, 2.05) is 0 Å². The average molecular weight is 398 g/mol. The lowest BCUT2D eigenvalue weighted by molar-refractivity contribution is -0.179. The molecule has 0 radical (unpaired) electrons. The number of alkyl halides is 3. The van der Waals surface area contributed by atoms with Crippen LogP contribution in [-0.4, -0.2) is 47.6 Å².